The van der Waals surface area contributed by atoms with Crippen LogP contribution >= 0.6 is 0 Å². The second-order valence-corrected chi connectivity index (χ2v) is 16.3. The summed E-state index contributed by atoms with van der Waals surface area (Å²) >= 11 is 0. The number of amidine groups is 1. The summed E-state index contributed by atoms with van der Waals surface area (Å²) in [7, 11) is 0. The summed E-state index contributed by atoms with van der Waals surface area (Å²) < 4.78 is 11.7. The smallest absolute Gasteiger partial charge is 0.336 e. The molecule has 2 aliphatic heterocycles. The molecule has 60 heavy (non-hydrogen) atoms. The topological polar surface area (TPSA) is 169 Å². The van der Waals surface area contributed by atoms with E-state index < -0.39 is 23.6 Å². The van der Waals surface area contributed by atoms with Crippen LogP contribution in [0.15, 0.2) is 71.7 Å². The number of ether oxygens (including phenoxy) is 2. The van der Waals surface area contributed by atoms with Gasteiger partial charge in [0.05, 0.1) is 25.3 Å². The molecule has 0 aliphatic carbocycles. The molecule has 1 saturated heterocycles. The molecule has 11 heteroatoms. The molecule has 0 bridgehead atoms. The number of carboxylic acid groups (broad SMARTS) is 1. The number of aliphatic imine (C=N–C) groups is 1. The van der Waals surface area contributed by atoms with Gasteiger partial charge in [-0.2, -0.15) is 0 Å². The Balaban J connectivity index is 1.31. The first-order chi connectivity index (χ1) is 29.0. The SMILES string of the molecule is CCCCCCC(CCCCCC)NC(=O)c1ccc2c3ccc4c5c(ccc(c6c(C(=O)O)cc(C(N)=NCc7ccc(C8(C)OCCO8)cc7)c1c26)c53)C(=O)NC4=O. The molecule has 6 aromatic rings. The van der Waals surface area contributed by atoms with Crippen molar-refractivity contribution in [1.29, 1.82) is 0 Å². The summed E-state index contributed by atoms with van der Waals surface area (Å²) in [5.41, 5.74) is 9.99. The number of hydrogen-bond donors (Lipinski definition) is 4. The number of nitrogens with one attached hydrogen (secondary N) is 2. The van der Waals surface area contributed by atoms with Crippen LogP contribution in [-0.4, -0.2) is 53.9 Å². The maximum absolute atomic E-state index is 14.7. The predicted molar refractivity (Wildman–Crippen MR) is 235 cm³/mol. The van der Waals surface area contributed by atoms with Gasteiger partial charge in [0.1, 0.15) is 5.84 Å². The lowest BCUT2D eigenvalue weighted by Gasteiger charge is -2.24. The Morgan fingerprint density at radius 3 is 1.95 bits per heavy atom. The van der Waals surface area contributed by atoms with Crippen molar-refractivity contribution in [2.45, 2.75) is 103 Å². The van der Waals surface area contributed by atoms with E-state index in [1.54, 1.807) is 24.3 Å². The number of benzene rings is 6. The number of amides is 3. The molecular weight excluding hydrogens is 757 g/mol. The van der Waals surface area contributed by atoms with Crippen molar-refractivity contribution in [3.05, 3.63) is 106 Å². The second-order valence-electron chi connectivity index (χ2n) is 16.3. The Bertz CT molecular complexity index is 2650. The summed E-state index contributed by atoms with van der Waals surface area (Å²) in [6.07, 6.45) is 10.5. The lowest BCUT2D eigenvalue weighted by Crippen LogP contribution is -2.35. The van der Waals surface area contributed by atoms with Gasteiger partial charge in [0, 0.05) is 50.0 Å². The maximum atomic E-state index is 14.7. The van der Waals surface area contributed by atoms with Crippen LogP contribution in [0.25, 0.3) is 43.1 Å². The average molecular weight is 809 g/mol. The van der Waals surface area contributed by atoms with Crippen molar-refractivity contribution in [3.63, 3.8) is 0 Å². The highest BCUT2D eigenvalue weighted by Crippen LogP contribution is 2.46. The minimum absolute atomic E-state index is 0.0353. The quantitative estimate of drug-likeness (QED) is 0.0176. The number of rotatable bonds is 17. The van der Waals surface area contributed by atoms with E-state index in [0.717, 1.165) is 80.7 Å². The Morgan fingerprint density at radius 1 is 0.733 bits per heavy atom. The molecule has 1 fully saturated rings. The Kier molecular flexibility index (Phi) is 11.6. The van der Waals surface area contributed by atoms with Crippen molar-refractivity contribution in [1.82, 2.24) is 10.6 Å². The van der Waals surface area contributed by atoms with Crippen LogP contribution in [0, 0.1) is 0 Å². The number of unbranched alkanes of at least 4 members (excludes halogenated alkanes) is 6. The second kappa shape index (κ2) is 17.0. The van der Waals surface area contributed by atoms with Gasteiger partial charge in [-0.1, -0.05) is 108 Å². The molecule has 2 aliphatic rings. The van der Waals surface area contributed by atoms with Crippen molar-refractivity contribution in [2.75, 3.05) is 13.2 Å². The summed E-state index contributed by atoms with van der Waals surface area (Å²) in [6, 6.07) is 19.7. The fourth-order valence-corrected chi connectivity index (χ4v) is 9.22. The van der Waals surface area contributed by atoms with Crippen LogP contribution in [0.4, 0.5) is 0 Å². The summed E-state index contributed by atoms with van der Waals surface area (Å²) in [6.45, 7) is 7.49. The van der Waals surface area contributed by atoms with Crippen molar-refractivity contribution in [2.24, 2.45) is 10.7 Å². The third-order valence-corrected chi connectivity index (χ3v) is 12.4. The first-order valence-corrected chi connectivity index (χ1v) is 21.4. The van der Waals surface area contributed by atoms with Crippen LogP contribution in [-0.2, 0) is 21.8 Å². The third kappa shape index (κ3) is 7.45. The molecule has 0 atom stereocenters. The maximum Gasteiger partial charge on any atom is 0.336 e. The zero-order valence-corrected chi connectivity index (χ0v) is 34.5. The summed E-state index contributed by atoms with van der Waals surface area (Å²) in [5.74, 6) is -3.22. The van der Waals surface area contributed by atoms with Gasteiger partial charge >= 0.3 is 5.97 Å². The number of aromatic carboxylic acids is 1. The standard InChI is InChI=1S/C49H52N4O7/c1-4-6-8-10-12-30(13-11-9-7-5-2)52-45(54)36-22-19-32-31-18-21-34-41-35(47(56)53-46(34)55)23-20-33(39(31)41)40-38(48(57)58)26-37(42(36)43(32)40)44(50)51-27-28-14-16-29(17-15-28)49(3)59-24-25-60-49/h14-23,26,30H,4-13,24-25,27H2,1-3H3,(H2,50,51)(H,52,54)(H,57,58)(H,53,55,56). The highest BCUT2D eigenvalue weighted by atomic mass is 16.7. The molecule has 0 unspecified atom stereocenters. The van der Waals surface area contributed by atoms with Gasteiger partial charge in [0.25, 0.3) is 17.7 Å². The van der Waals surface area contributed by atoms with E-state index in [9.17, 15) is 24.3 Å². The highest BCUT2D eigenvalue weighted by Gasteiger charge is 2.33. The number of carbonyl (C=O) groups excluding carboxylic acids is 3. The fraction of sp³-hybridized carbons (Fsp3) is 0.367. The number of fused-ring (bicyclic) bond motifs is 2. The molecule has 0 aromatic heterocycles. The molecule has 0 radical (unpaired) electrons. The van der Waals surface area contributed by atoms with E-state index in [2.05, 4.69) is 24.5 Å². The van der Waals surface area contributed by atoms with Crippen molar-refractivity contribution in [3.8, 4) is 0 Å². The van der Waals surface area contributed by atoms with Gasteiger partial charge in [-0.15, -0.1) is 0 Å². The molecule has 6 aromatic carbocycles. The Morgan fingerprint density at radius 2 is 1.33 bits per heavy atom. The highest BCUT2D eigenvalue weighted by molar-refractivity contribution is 6.41. The summed E-state index contributed by atoms with van der Waals surface area (Å²) in [5, 5.41) is 21.2. The Hall–Kier alpha value is -5.91. The molecule has 3 amide bonds. The lowest BCUT2D eigenvalue weighted by atomic mass is 9.81. The van der Waals surface area contributed by atoms with E-state index in [0.29, 0.717) is 73.2 Å². The van der Waals surface area contributed by atoms with Crippen LogP contribution in [0.3, 0.4) is 0 Å². The number of hydrogen-bond acceptors (Lipinski definition) is 7. The van der Waals surface area contributed by atoms with Crippen molar-refractivity contribution >= 4 is 72.6 Å². The van der Waals surface area contributed by atoms with Gasteiger partial charge in [-0.05, 0) is 76.5 Å². The zero-order chi connectivity index (χ0) is 42.1. The largest absolute Gasteiger partial charge is 0.478 e. The minimum Gasteiger partial charge on any atom is -0.478 e. The van der Waals surface area contributed by atoms with Crippen LogP contribution < -0.4 is 16.4 Å². The Labute approximate surface area is 349 Å². The van der Waals surface area contributed by atoms with E-state index in [1.807, 2.05) is 43.3 Å². The molecule has 0 spiro atoms. The number of carbonyl (C=O) groups is 4. The molecular formula is C49H52N4O7. The zero-order valence-electron chi connectivity index (χ0n) is 34.5. The number of imide groups is 1. The average Bonchev–Trinajstić information content (AvgIpc) is 3.70. The number of carboxylic acids is 1. The first-order valence-electron chi connectivity index (χ1n) is 21.4. The van der Waals surface area contributed by atoms with Crippen LogP contribution in [0.1, 0.15) is 143 Å². The molecule has 5 N–H and O–H groups in total. The normalized spacial score (nSPS) is 15.2. The fourth-order valence-electron chi connectivity index (χ4n) is 9.22. The molecule has 8 rings (SSSR count). The van der Waals surface area contributed by atoms with E-state index in [-0.39, 0.29) is 29.9 Å². The van der Waals surface area contributed by atoms with Gasteiger partial charge in [0.2, 0.25) is 0 Å². The molecule has 0 saturated carbocycles. The van der Waals surface area contributed by atoms with Crippen LogP contribution in [0.5, 0.6) is 0 Å². The summed E-state index contributed by atoms with van der Waals surface area (Å²) in [4.78, 5) is 59.1. The van der Waals surface area contributed by atoms with E-state index >= 15 is 0 Å². The number of nitrogens with two attached hydrogens (primary N) is 1. The van der Waals surface area contributed by atoms with Gasteiger partial charge < -0.3 is 25.6 Å². The third-order valence-electron chi connectivity index (χ3n) is 12.4. The lowest BCUT2D eigenvalue weighted by molar-refractivity contribution is -0.149. The first kappa shape index (κ1) is 40.9. The van der Waals surface area contributed by atoms with E-state index in [1.165, 1.54) is 6.07 Å². The monoisotopic (exact) mass is 808 g/mol. The molecule has 2 heterocycles. The minimum atomic E-state index is -1.20. The van der Waals surface area contributed by atoms with Gasteiger partial charge in [0.15, 0.2) is 5.79 Å². The molecule has 11 nitrogen and oxygen atoms in total. The predicted octanol–water partition coefficient (Wildman–Crippen LogP) is 9.48. The van der Waals surface area contributed by atoms with E-state index in [4.69, 9.17) is 20.2 Å². The van der Waals surface area contributed by atoms with Crippen LogP contribution in [0.2, 0.25) is 0 Å². The molecule has 310 valence electrons. The van der Waals surface area contributed by atoms with Gasteiger partial charge in [-0.25, -0.2) is 4.79 Å². The van der Waals surface area contributed by atoms with Gasteiger partial charge in [-0.3, -0.25) is 24.7 Å². The number of nitrogens with zero attached hydrogens (tertiary/aromatic N) is 1. The van der Waals surface area contributed by atoms with Crippen molar-refractivity contribution < 1.29 is 33.8 Å².